The molecule has 2 heterocycles. The van der Waals surface area contributed by atoms with Crippen molar-refractivity contribution in [2.24, 2.45) is 0 Å². The summed E-state index contributed by atoms with van der Waals surface area (Å²) in [6, 6.07) is 13.3. The SMILES string of the molecule is N#Cc1cc(-c2ccccc2)oc1N1CC(Br)CC1=O. The van der Waals surface area contributed by atoms with E-state index in [0.717, 1.165) is 5.56 Å². The lowest BCUT2D eigenvalue weighted by molar-refractivity contribution is -0.117. The highest BCUT2D eigenvalue weighted by Gasteiger charge is 2.33. The molecular formula is C15H11BrN2O2. The van der Waals surface area contributed by atoms with Crippen LogP contribution in [0.1, 0.15) is 12.0 Å². The van der Waals surface area contributed by atoms with Crippen LogP contribution in [0.2, 0.25) is 0 Å². The zero-order valence-electron chi connectivity index (χ0n) is 10.5. The third kappa shape index (κ3) is 2.23. The first-order valence-electron chi connectivity index (χ1n) is 6.23. The molecule has 2 aromatic rings. The molecule has 1 amide bonds. The Balaban J connectivity index is 2.02. The molecule has 100 valence electrons. The summed E-state index contributed by atoms with van der Waals surface area (Å²) >= 11 is 3.43. The van der Waals surface area contributed by atoms with Crippen molar-refractivity contribution in [3.8, 4) is 17.4 Å². The van der Waals surface area contributed by atoms with Crippen molar-refractivity contribution in [1.82, 2.24) is 0 Å². The second-order valence-electron chi connectivity index (χ2n) is 4.61. The molecule has 0 aliphatic carbocycles. The number of amides is 1. The van der Waals surface area contributed by atoms with Crippen LogP contribution in [-0.2, 0) is 4.79 Å². The molecule has 4 nitrogen and oxygen atoms in total. The predicted octanol–water partition coefficient (Wildman–Crippen LogP) is 3.32. The number of carbonyl (C=O) groups excluding carboxylic acids is 1. The second kappa shape index (κ2) is 5.14. The molecule has 1 unspecified atom stereocenters. The quantitative estimate of drug-likeness (QED) is 0.793. The first-order chi connectivity index (χ1) is 9.69. The van der Waals surface area contributed by atoms with E-state index in [-0.39, 0.29) is 10.7 Å². The third-order valence-corrected chi connectivity index (χ3v) is 3.83. The van der Waals surface area contributed by atoms with Crippen LogP contribution in [0.5, 0.6) is 0 Å². The van der Waals surface area contributed by atoms with Gasteiger partial charge >= 0.3 is 0 Å². The Kier molecular flexibility index (Phi) is 3.33. The fourth-order valence-corrected chi connectivity index (χ4v) is 2.83. The summed E-state index contributed by atoms with van der Waals surface area (Å²) in [6.07, 6.45) is 0.423. The highest BCUT2D eigenvalue weighted by Crippen LogP contribution is 2.34. The van der Waals surface area contributed by atoms with E-state index in [1.807, 2.05) is 30.3 Å². The Morgan fingerprint density at radius 1 is 1.35 bits per heavy atom. The zero-order chi connectivity index (χ0) is 14.1. The average Bonchev–Trinajstić information content (AvgIpc) is 3.02. The van der Waals surface area contributed by atoms with Gasteiger partial charge in [0.1, 0.15) is 17.4 Å². The van der Waals surface area contributed by atoms with Crippen molar-refractivity contribution in [2.75, 3.05) is 11.4 Å². The lowest BCUT2D eigenvalue weighted by Crippen LogP contribution is -2.24. The van der Waals surface area contributed by atoms with Gasteiger partial charge in [-0.15, -0.1) is 0 Å². The van der Waals surface area contributed by atoms with Gasteiger partial charge in [0, 0.05) is 29.4 Å². The van der Waals surface area contributed by atoms with Gasteiger partial charge in [-0.2, -0.15) is 5.26 Å². The van der Waals surface area contributed by atoms with Gasteiger partial charge in [0.15, 0.2) is 0 Å². The van der Waals surface area contributed by atoms with Crippen LogP contribution in [0.4, 0.5) is 5.88 Å². The topological polar surface area (TPSA) is 57.2 Å². The van der Waals surface area contributed by atoms with Gasteiger partial charge in [0.05, 0.1) is 0 Å². The van der Waals surface area contributed by atoms with Crippen molar-refractivity contribution in [1.29, 1.82) is 5.26 Å². The van der Waals surface area contributed by atoms with Crippen molar-refractivity contribution < 1.29 is 9.21 Å². The summed E-state index contributed by atoms with van der Waals surface area (Å²) in [4.78, 5) is 13.6. The number of rotatable bonds is 2. The Hall–Kier alpha value is -2.06. The maximum Gasteiger partial charge on any atom is 0.230 e. The smallest absolute Gasteiger partial charge is 0.230 e. The molecular weight excluding hydrogens is 320 g/mol. The number of hydrogen-bond donors (Lipinski definition) is 0. The minimum Gasteiger partial charge on any atom is -0.439 e. The van der Waals surface area contributed by atoms with Gasteiger partial charge in [-0.05, 0) is 0 Å². The first-order valence-corrected chi connectivity index (χ1v) is 7.14. The van der Waals surface area contributed by atoms with Crippen molar-refractivity contribution in [3.63, 3.8) is 0 Å². The monoisotopic (exact) mass is 330 g/mol. The molecule has 1 aliphatic heterocycles. The van der Waals surface area contributed by atoms with Gasteiger partial charge in [0.25, 0.3) is 0 Å². The van der Waals surface area contributed by atoms with Crippen LogP contribution in [0.3, 0.4) is 0 Å². The molecule has 20 heavy (non-hydrogen) atoms. The maximum atomic E-state index is 11.9. The number of hydrogen-bond acceptors (Lipinski definition) is 3. The number of nitriles is 1. The molecule has 0 saturated carbocycles. The number of carbonyl (C=O) groups is 1. The first kappa shape index (κ1) is 12.9. The minimum absolute atomic E-state index is 0.0302. The fraction of sp³-hybridized carbons (Fsp3) is 0.200. The molecule has 0 bridgehead atoms. The Bertz CT molecular complexity index is 688. The number of halogens is 1. The molecule has 5 heteroatoms. The highest BCUT2D eigenvalue weighted by atomic mass is 79.9. The van der Waals surface area contributed by atoms with Gasteiger partial charge in [-0.3, -0.25) is 9.69 Å². The van der Waals surface area contributed by atoms with Crippen LogP contribution in [0.15, 0.2) is 40.8 Å². The zero-order valence-corrected chi connectivity index (χ0v) is 12.1. The van der Waals surface area contributed by atoms with E-state index in [9.17, 15) is 10.1 Å². The summed E-state index contributed by atoms with van der Waals surface area (Å²) in [7, 11) is 0. The van der Waals surface area contributed by atoms with Gasteiger partial charge in [-0.1, -0.05) is 46.3 Å². The minimum atomic E-state index is -0.0302. The molecule has 1 atom stereocenters. The molecule has 3 rings (SSSR count). The molecule has 1 fully saturated rings. The number of anilines is 1. The number of nitrogens with zero attached hydrogens (tertiary/aromatic N) is 2. The van der Waals surface area contributed by atoms with Crippen molar-refractivity contribution in [3.05, 3.63) is 42.0 Å². The Morgan fingerprint density at radius 2 is 2.10 bits per heavy atom. The highest BCUT2D eigenvalue weighted by molar-refractivity contribution is 9.09. The van der Waals surface area contributed by atoms with Gasteiger partial charge in [-0.25, -0.2) is 0 Å². The van der Waals surface area contributed by atoms with Crippen LogP contribution in [-0.4, -0.2) is 17.3 Å². The standard InChI is InChI=1S/C15H11BrN2O2/c16-12-7-14(19)18(9-12)15-11(8-17)6-13(20-15)10-4-2-1-3-5-10/h1-6,12H,7,9H2. The summed E-state index contributed by atoms with van der Waals surface area (Å²) in [5, 5.41) is 9.23. The number of benzene rings is 1. The molecule has 1 aromatic carbocycles. The molecule has 0 radical (unpaired) electrons. The van der Waals surface area contributed by atoms with Crippen molar-refractivity contribution >= 4 is 27.7 Å². The summed E-state index contributed by atoms with van der Waals surface area (Å²) in [5.41, 5.74) is 1.27. The van der Waals surface area contributed by atoms with Gasteiger partial charge < -0.3 is 4.42 Å². The van der Waals surface area contributed by atoms with E-state index in [1.54, 1.807) is 6.07 Å². The summed E-state index contributed by atoms with van der Waals surface area (Å²) in [5.74, 6) is 0.915. The maximum absolute atomic E-state index is 11.9. The molecule has 1 aliphatic rings. The van der Waals surface area contributed by atoms with E-state index in [4.69, 9.17) is 4.42 Å². The number of furan rings is 1. The normalized spacial score (nSPS) is 18.3. The van der Waals surface area contributed by atoms with E-state index in [1.165, 1.54) is 4.90 Å². The molecule has 1 saturated heterocycles. The lowest BCUT2D eigenvalue weighted by Gasteiger charge is -2.12. The molecule has 0 N–H and O–H groups in total. The average molecular weight is 331 g/mol. The van der Waals surface area contributed by atoms with E-state index in [0.29, 0.717) is 30.2 Å². The Labute approximate surface area is 124 Å². The molecule has 0 spiro atoms. The van der Waals surface area contributed by atoms with Gasteiger partial charge in [0.2, 0.25) is 11.8 Å². The van der Waals surface area contributed by atoms with E-state index in [2.05, 4.69) is 22.0 Å². The summed E-state index contributed by atoms with van der Waals surface area (Å²) in [6.45, 7) is 0.523. The Morgan fingerprint density at radius 3 is 2.70 bits per heavy atom. The van der Waals surface area contributed by atoms with Crippen LogP contribution < -0.4 is 4.90 Å². The fourth-order valence-electron chi connectivity index (χ4n) is 2.27. The van der Waals surface area contributed by atoms with Crippen molar-refractivity contribution in [2.45, 2.75) is 11.2 Å². The van der Waals surface area contributed by atoms with Crippen LogP contribution in [0, 0.1) is 11.3 Å². The third-order valence-electron chi connectivity index (χ3n) is 3.21. The predicted molar refractivity (Wildman–Crippen MR) is 78.5 cm³/mol. The molecule has 1 aromatic heterocycles. The number of alkyl halides is 1. The summed E-state index contributed by atoms with van der Waals surface area (Å²) < 4.78 is 5.76. The largest absolute Gasteiger partial charge is 0.439 e. The van der Waals surface area contributed by atoms with E-state index >= 15 is 0 Å². The lowest BCUT2D eigenvalue weighted by atomic mass is 10.1. The second-order valence-corrected chi connectivity index (χ2v) is 5.91. The van der Waals surface area contributed by atoms with E-state index < -0.39 is 0 Å². The van der Waals surface area contributed by atoms with Crippen LogP contribution >= 0.6 is 15.9 Å². The van der Waals surface area contributed by atoms with Crippen LogP contribution in [0.25, 0.3) is 11.3 Å².